The molecule has 1 aliphatic rings. The summed E-state index contributed by atoms with van der Waals surface area (Å²) >= 11 is 0. The van der Waals surface area contributed by atoms with Gasteiger partial charge >= 0.3 is 5.97 Å². The number of fused-ring (bicyclic) bond motifs is 1. The quantitative estimate of drug-likeness (QED) is 0.515. The minimum absolute atomic E-state index is 0.348. The summed E-state index contributed by atoms with van der Waals surface area (Å²) in [6, 6.07) is 17.9. The Morgan fingerprint density at radius 1 is 1.00 bits per heavy atom. The lowest BCUT2D eigenvalue weighted by molar-refractivity contribution is -0.130. The molecule has 0 aliphatic carbocycles. The zero-order valence-corrected chi connectivity index (χ0v) is 13.2. The molecule has 3 aromatic rings. The van der Waals surface area contributed by atoms with E-state index in [0.717, 1.165) is 16.6 Å². The number of aromatic nitrogens is 1. The Morgan fingerprint density at radius 3 is 2.67 bits per heavy atom. The van der Waals surface area contributed by atoms with Crippen molar-refractivity contribution in [1.29, 1.82) is 0 Å². The number of hydrogen-bond donors (Lipinski definition) is 0. The van der Waals surface area contributed by atoms with Crippen LogP contribution in [-0.4, -0.2) is 11.0 Å². The van der Waals surface area contributed by atoms with Crippen LogP contribution in [0.5, 0.6) is 0 Å². The molecule has 0 saturated carbocycles. The molecular formula is C21H15NO2. The number of cyclic esters (lactones) is 1. The largest absolute Gasteiger partial charge is 0.422 e. The SMILES string of the molecule is Cc1ccc2cc(C3=C/C(=C\c4ccccn4)C(=O)O3)ccc2c1. The van der Waals surface area contributed by atoms with Gasteiger partial charge in [0.1, 0.15) is 5.76 Å². The topological polar surface area (TPSA) is 39.2 Å². The zero-order chi connectivity index (χ0) is 16.5. The van der Waals surface area contributed by atoms with Gasteiger partial charge in [0.25, 0.3) is 0 Å². The predicted octanol–water partition coefficient (Wildman–Crippen LogP) is 4.52. The maximum Gasteiger partial charge on any atom is 0.343 e. The molecule has 0 radical (unpaired) electrons. The third kappa shape index (κ3) is 2.72. The number of pyridine rings is 1. The van der Waals surface area contributed by atoms with Crippen molar-refractivity contribution in [1.82, 2.24) is 4.98 Å². The van der Waals surface area contributed by atoms with Crippen molar-refractivity contribution in [2.75, 3.05) is 0 Å². The maximum absolute atomic E-state index is 12.1. The zero-order valence-electron chi connectivity index (χ0n) is 13.2. The summed E-state index contributed by atoms with van der Waals surface area (Å²) < 4.78 is 5.43. The van der Waals surface area contributed by atoms with Gasteiger partial charge in [0.2, 0.25) is 0 Å². The average molecular weight is 313 g/mol. The molecule has 0 amide bonds. The standard InChI is InChI=1S/C21H15NO2/c1-14-5-6-16-11-17(8-7-15(16)10-14)20-13-18(21(23)24-20)12-19-4-2-3-9-22-19/h2-13H,1H3/b18-12+. The van der Waals surface area contributed by atoms with Crippen molar-refractivity contribution < 1.29 is 9.53 Å². The molecule has 4 rings (SSSR count). The third-order valence-corrected chi connectivity index (χ3v) is 4.00. The molecule has 116 valence electrons. The number of carbonyl (C=O) groups excluding carboxylic acids is 1. The van der Waals surface area contributed by atoms with E-state index < -0.39 is 0 Å². The minimum Gasteiger partial charge on any atom is -0.422 e. The maximum atomic E-state index is 12.1. The van der Waals surface area contributed by atoms with Crippen LogP contribution in [0.15, 0.2) is 72.4 Å². The molecule has 0 atom stereocenters. The van der Waals surface area contributed by atoms with Crippen LogP contribution in [0.25, 0.3) is 22.6 Å². The number of nitrogens with zero attached hydrogens (tertiary/aromatic N) is 1. The molecule has 2 aromatic carbocycles. The van der Waals surface area contributed by atoms with Crippen LogP contribution in [0.1, 0.15) is 16.8 Å². The molecule has 0 unspecified atom stereocenters. The Kier molecular flexibility index (Phi) is 3.47. The number of esters is 1. The second-order valence-electron chi connectivity index (χ2n) is 5.82. The summed E-state index contributed by atoms with van der Waals surface area (Å²) in [4.78, 5) is 16.3. The van der Waals surface area contributed by atoms with Crippen LogP contribution in [0.2, 0.25) is 0 Å². The van der Waals surface area contributed by atoms with Gasteiger partial charge in [0.15, 0.2) is 0 Å². The van der Waals surface area contributed by atoms with Gasteiger partial charge in [-0.15, -0.1) is 0 Å². The Bertz CT molecular complexity index is 1000. The fourth-order valence-electron chi connectivity index (χ4n) is 2.77. The Labute approximate surface area is 139 Å². The molecule has 0 spiro atoms. The molecule has 3 heteroatoms. The first kappa shape index (κ1) is 14.4. The van der Waals surface area contributed by atoms with Crippen molar-refractivity contribution >= 4 is 28.6 Å². The highest BCUT2D eigenvalue weighted by Gasteiger charge is 2.22. The number of carbonyl (C=O) groups is 1. The summed E-state index contributed by atoms with van der Waals surface area (Å²) in [5.74, 6) is 0.226. The summed E-state index contributed by atoms with van der Waals surface area (Å²) in [6.07, 6.45) is 5.20. The lowest BCUT2D eigenvalue weighted by atomic mass is 10.0. The van der Waals surface area contributed by atoms with Crippen molar-refractivity contribution in [3.63, 3.8) is 0 Å². The molecule has 1 aromatic heterocycles. The van der Waals surface area contributed by atoms with Crippen molar-refractivity contribution in [3.05, 3.63) is 89.3 Å². The van der Waals surface area contributed by atoms with E-state index >= 15 is 0 Å². The number of hydrogen-bond acceptors (Lipinski definition) is 3. The minimum atomic E-state index is -0.348. The first-order chi connectivity index (χ1) is 11.7. The van der Waals surface area contributed by atoms with Crippen LogP contribution in [0.4, 0.5) is 0 Å². The van der Waals surface area contributed by atoms with E-state index in [9.17, 15) is 4.79 Å². The number of aryl methyl sites for hydroxylation is 1. The molecule has 0 fully saturated rings. The second kappa shape index (κ2) is 5.78. The molecule has 3 nitrogen and oxygen atoms in total. The van der Waals surface area contributed by atoms with Crippen molar-refractivity contribution in [3.8, 4) is 0 Å². The van der Waals surface area contributed by atoms with Crippen LogP contribution in [-0.2, 0) is 9.53 Å². The number of ether oxygens (including phenoxy) is 1. The fourth-order valence-corrected chi connectivity index (χ4v) is 2.77. The van der Waals surface area contributed by atoms with Crippen LogP contribution >= 0.6 is 0 Å². The highest BCUT2D eigenvalue weighted by Crippen LogP contribution is 2.29. The average Bonchev–Trinajstić information content (AvgIpc) is 2.96. The van der Waals surface area contributed by atoms with Gasteiger partial charge < -0.3 is 4.74 Å². The first-order valence-corrected chi connectivity index (χ1v) is 7.76. The fraction of sp³-hybridized carbons (Fsp3) is 0.0476. The lowest BCUT2D eigenvalue weighted by Crippen LogP contribution is -1.97. The Hall–Kier alpha value is -3.20. The van der Waals surface area contributed by atoms with Crippen LogP contribution < -0.4 is 0 Å². The van der Waals surface area contributed by atoms with E-state index in [2.05, 4.69) is 30.1 Å². The second-order valence-corrected chi connectivity index (χ2v) is 5.82. The molecule has 0 saturated heterocycles. The normalized spacial score (nSPS) is 15.6. The van der Waals surface area contributed by atoms with Gasteiger partial charge in [-0.2, -0.15) is 0 Å². The number of benzene rings is 2. The summed E-state index contributed by atoms with van der Waals surface area (Å²) in [6.45, 7) is 2.07. The monoisotopic (exact) mass is 313 g/mol. The summed E-state index contributed by atoms with van der Waals surface area (Å²) in [5.41, 5.74) is 3.36. The Morgan fingerprint density at radius 2 is 1.83 bits per heavy atom. The van der Waals surface area contributed by atoms with E-state index in [4.69, 9.17) is 4.74 Å². The molecule has 1 aliphatic heterocycles. The first-order valence-electron chi connectivity index (χ1n) is 7.76. The molecule has 2 heterocycles. The van der Waals surface area contributed by atoms with Crippen LogP contribution in [0, 0.1) is 6.92 Å². The highest BCUT2D eigenvalue weighted by atomic mass is 16.5. The van der Waals surface area contributed by atoms with E-state index in [-0.39, 0.29) is 5.97 Å². The highest BCUT2D eigenvalue weighted by molar-refractivity contribution is 6.05. The van der Waals surface area contributed by atoms with Gasteiger partial charge in [-0.3, -0.25) is 4.98 Å². The van der Waals surface area contributed by atoms with E-state index in [1.165, 1.54) is 10.9 Å². The predicted molar refractivity (Wildman–Crippen MR) is 95.0 cm³/mol. The van der Waals surface area contributed by atoms with Gasteiger partial charge in [-0.25, -0.2) is 4.79 Å². The van der Waals surface area contributed by atoms with E-state index in [1.54, 1.807) is 18.3 Å². The molecular weight excluding hydrogens is 298 g/mol. The molecule has 24 heavy (non-hydrogen) atoms. The smallest absolute Gasteiger partial charge is 0.343 e. The van der Waals surface area contributed by atoms with Crippen molar-refractivity contribution in [2.45, 2.75) is 6.92 Å². The van der Waals surface area contributed by atoms with Crippen LogP contribution in [0.3, 0.4) is 0 Å². The van der Waals surface area contributed by atoms with Gasteiger partial charge in [-0.1, -0.05) is 42.0 Å². The third-order valence-electron chi connectivity index (χ3n) is 4.00. The Balaban J connectivity index is 1.72. The van der Waals surface area contributed by atoms with Gasteiger partial charge in [0, 0.05) is 11.8 Å². The summed E-state index contributed by atoms with van der Waals surface area (Å²) in [5, 5.41) is 2.30. The van der Waals surface area contributed by atoms with Gasteiger partial charge in [0.05, 0.1) is 11.3 Å². The molecule has 0 bridgehead atoms. The van der Waals surface area contributed by atoms with Gasteiger partial charge in [-0.05, 0) is 48.0 Å². The van der Waals surface area contributed by atoms with Crippen molar-refractivity contribution in [2.24, 2.45) is 0 Å². The lowest BCUT2D eigenvalue weighted by Gasteiger charge is -2.05. The summed E-state index contributed by atoms with van der Waals surface area (Å²) in [7, 11) is 0. The molecule has 0 N–H and O–H groups in total. The van der Waals surface area contributed by atoms with E-state index in [0.29, 0.717) is 11.3 Å². The van der Waals surface area contributed by atoms with E-state index in [1.807, 2.05) is 36.4 Å². The number of rotatable bonds is 2.